The molecule has 0 amide bonds. The highest BCUT2D eigenvalue weighted by molar-refractivity contribution is 7.99. The highest BCUT2D eigenvalue weighted by atomic mass is 32.2. The van der Waals surface area contributed by atoms with E-state index in [9.17, 15) is 9.59 Å². The molecule has 0 aliphatic carbocycles. The molecule has 172 valence electrons. The van der Waals surface area contributed by atoms with E-state index >= 15 is 4.39 Å². The number of nitrogens with zero attached hydrogens (tertiary/aromatic N) is 1. The van der Waals surface area contributed by atoms with Gasteiger partial charge in [0.2, 0.25) is 0 Å². The van der Waals surface area contributed by atoms with Gasteiger partial charge in [-0.25, -0.2) is 9.18 Å². The number of aromatic amines is 1. The van der Waals surface area contributed by atoms with Crippen LogP contribution in [0.3, 0.4) is 0 Å². The molecule has 0 aliphatic heterocycles. The van der Waals surface area contributed by atoms with Crippen LogP contribution in [0.25, 0.3) is 27.6 Å². The zero-order chi connectivity index (χ0) is 24.1. The molecule has 0 saturated carbocycles. The molecule has 0 unspecified atom stereocenters. The molecule has 4 rings (SSSR count). The summed E-state index contributed by atoms with van der Waals surface area (Å²) in [6.07, 6.45) is 3.21. The first kappa shape index (κ1) is 24.1. The summed E-state index contributed by atoms with van der Waals surface area (Å²) in [6.45, 7) is 5.78. The van der Waals surface area contributed by atoms with Crippen molar-refractivity contribution in [3.05, 3.63) is 86.9 Å². The fourth-order valence-electron chi connectivity index (χ4n) is 3.64. The third kappa shape index (κ3) is 4.80. The molecule has 1 aromatic heterocycles. The van der Waals surface area contributed by atoms with E-state index in [4.69, 9.17) is 4.74 Å². The lowest BCUT2D eigenvalue weighted by atomic mass is 9.97. The number of methoxy groups -OCH3 is 1. The SMILES string of the molecule is CC.COc1c(C)cc(-n2ccc(=O)[nH]c2=O)c(F)c1-c1ccc2cc(NSC)ccc2c1. The normalized spacial score (nSPS) is 10.5. The molecule has 8 heteroatoms. The molecule has 0 radical (unpaired) electrons. The topological polar surface area (TPSA) is 76.1 Å². The number of benzene rings is 3. The van der Waals surface area contributed by atoms with E-state index in [1.54, 1.807) is 6.92 Å². The van der Waals surface area contributed by atoms with E-state index in [0.29, 0.717) is 16.9 Å². The van der Waals surface area contributed by atoms with Crippen molar-refractivity contribution in [3.63, 3.8) is 0 Å². The molecule has 3 aromatic carbocycles. The van der Waals surface area contributed by atoms with Crippen molar-refractivity contribution in [2.75, 3.05) is 18.1 Å². The number of rotatable bonds is 5. The lowest BCUT2D eigenvalue weighted by Gasteiger charge is -2.17. The predicted octanol–water partition coefficient (Wildman–Crippen LogP) is 5.52. The highest BCUT2D eigenvalue weighted by Crippen LogP contribution is 2.39. The third-order valence-electron chi connectivity index (χ3n) is 5.02. The first-order valence-corrected chi connectivity index (χ1v) is 11.7. The Kier molecular flexibility index (Phi) is 7.60. The van der Waals surface area contributed by atoms with E-state index in [1.165, 1.54) is 37.4 Å². The van der Waals surface area contributed by atoms with Crippen LogP contribution in [-0.2, 0) is 0 Å². The van der Waals surface area contributed by atoms with Crippen LogP contribution in [-0.4, -0.2) is 22.9 Å². The van der Waals surface area contributed by atoms with Gasteiger partial charge in [0.25, 0.3) is 5.56 Å². The lowest BCUT2D eigenvalue weighted by molar-refractivity contribution is 0.410. The van der Waals surface area contributed by atoms with Gasteiger partial charge < -0.3 is 9.46 Å². The van der Waals surface area contributed by atoms with Crippen molar-refractivity contribution < 1.29 is 9.13 Å². The maximum absolute atomic E-state index is 15.8. The van der Waals surface area contributed by atoms with Crippen LogP contribution in [0.5, 0.6) is 5.75 Å². The fourth-order valence-corrected chi connectivity index (χ4v) is 4.01. The van der Waals surface area contributed by atoms with E-state index in [0.717, 1.165) is 21.0 Å². The summed E-state index contributed by atoms with van der Waals surface area (Å²) < 4.78 is 25.6. The average Bonchev–Trinajstić information content (AvgIpc) is 2.81. The number of aromatic nitrogens is 2. The molecule has 2 N–H and O–H groups in total. The number of halogens is 1. The van der Waals surface area contributed by atoms with Gasteiger partial charge in [-0.05, 0) is 53.1 Å². The second-order valence-electron chi connectivity index (χ2n) is 7.00. The van der Waals surface area contributed by atoms with Gasteiger partial charge in [-0.3, -0.25) is 14.3 Å². The first-order valence-electron chi connectivity index (χ1n) is 10.5. The van der Waals surface area contributed by atoms with Crippen molar-refractivity contribution in [2.45, 2.75) is 20.8 Å². The molecular formula is C25H26FN3O3S. The molecule has 0 atom stereocenters. The summed E-state index contributed by atoms with van der Waals surface area (Å²) in [5, 5.41) is 1.95. The van der Waals surface area contributed by atoms with Gasteiger partial charge in [0.15, 0.2) is 5.82 Å². The van der Waals surface area contributed by atoms with Gasteiger partial charge >= 0.3 is 5.69 Å². The summed E-state index contributed by atoms with van der Waals surface area (Å²) in [6, 6.07) is 14.3. The highest BCUT2D eigenvalue weighted by Gasteiger charge is 2.21. The number of ether oxygens (including phenoxy) is 1. The second-order valence-corrected chi connectivity index (χ2v) is 7.61. The van der Waals surface area contributed by atoms with Gasteiger partial charge in [-0.2, -0.15) is 0 Å². The number of H-pyrrole nitrogens is 1. The number of nitrogens with one attached hydrogen (secondary N) is 2. The zero-order valence-corrected chi connectivity index (χ0v) is 20.0. The van der Waals surface area contributed by atoms with Crippen molar-refractivity contribution in [1.82, 2.24) is 9.55 Å². The van der Waals surface area contributed by atoms with Crippen molar-refractivity contribution in [2.24, 2.45) is 0 Å². The maximum Gasteiger partial charge on any atom is 0.333 e. The van der Waals surface area contributed by atoms with Crippen LogP contribution in [0.4, 0.5) is 10.1 Å². The third-order valence-corrected chi connectivity index (χ3v) is 5.46. The van der Waals surface area contributed by atoms with Gasteiger partial charge in [0.05, 0.1) is 18.4 Å². The molecule has 0 spiro atoms. The smallest absolute Gasteiger partial charge is 0.333 e. The quantitative estimate of drug-likeness (QED) is 0.378. The number of hydrogen-bond donors (Lipinski definition) is 2. The largest absolute Gasteiger partial charge is 0.496 e. The molecule has 0 aliphatic rings. The van der Waals surface area contributed by atoms with Gasteiger partial charge in [0, 0.05) is 24.2 Å². The summed E-state index contributed by atoms with van der Waals surface area (Å²) >= 11 is 1.51. The van der Waals surface area contributed by atoms with Gasteiger partial charge in [0.1, 0.15) is 5.75 Å². The molecule has 0 saturated heterocycles. The van der Waals surface area contributed by atoms with Crippen molar-refractivity contribution >= 4 is 28.4 Å². The molecule has 0 bridgehead atoms. The first-order chi connectivity index (χ1) is 15.9. The molecule has 33 heavy (non-hydrogen) atoms. The van der Waals surface area contributed by atoms with Gasteiger partial charge in [-0.1, -0.05) is 44.0 Å². The number of anilines is 1. The zero-order valence-electron chi connectivity index (χ0n) is 19.2. The van der Waals surface area contributed by atoms with Crippen molar-refractivity contribution in [3.8, 4) is 22.6 Å². The molecule has 4 aromatic rings. The van der Waals surface area contributed by atoms with E-state index in [1.807, 2.05) is 56.5 Å². The number of aryl methyl sites for hydroxylation is 1. The Morgan fingerprint density at radius 1 is 1.03 bits per heavy atom. The van der Waals surface area contributed by atoms with Crippen LogP contribution in [0, 0.1) is 12.7 Å². The van der Waals surface area contributed by atoms with E-state index in [-0.39, 0.29) is 11.3 Å². The summed E-state index contributed by atoms with van der Waals surface area (Å²) in [4.78, 5) is 25.8. The molecular weight excluding hydrogens is 441 g/mol. The van der Waals surface area contributed by atoms with Crippen LogP contribution in [0.1, 0.15) is 19.4 Å². The Morgan fingerprint density at radius 3 is 2.39 bits per heavy atom. The van der Waals surface area contributed by atoms with Crippen LogP contribution in [0.2, 0.25) is 0 Å². The Hall–Kier alpha value is -3.52. The predicted molar refractivity (Wildman–Crippen MR) is 135 cm³/mol. The Bertz CT molecular complexity index is 1410. The summed E-state index contributed by atoms with van der Waals surface area (Å²) in [5.41, 5.74) is 1.29. The lowest BCUT2D eigenvalue weighted by Crippen LogP contribution is -2.28. The molecule has 1 heterocycles. The van der Waals surface area contributed by atoms with Crippen LogP contribution < -0.4 is 20.7 Å². The minimum atomic E-state index is -0.714. The standard InChI is InChI=1S/C23H20FN3O3S.C2H6/c1-13-10-18(27-9-8-19(28)25-23(27)29)21(24)20(22(13)30-2)16-5-4-15-12-17(26-31-3)7-6-14(15)11-16;1-2/h4-12,26H,1-3H3,(H,25,28,29);1-2H3. The minimum absolute atomic E-state index is 0.0363. The monoisotopic (exact) mass is 467 g/mol. The number of fused-ring (bicyclic) bond motifs is 1. The molecule has 0 fully saturated rings. The minimum Gasteiger partial charge on any atom is -0.496 e. The number of hydrogen-bond acceptors (Lipinski definition) is 5. The maximum atomic E-state index is 15.8. The van der Waals surface area contributed by atoms with Gasteiger partial charge in [-0.15, -0.1) is 0 Å². The molecule has 6 nitrogen and oxygen atoms in total. The van der Waals surface area contributed by atoms with Crippen molar-refractivity contribution in [1.29, 1.82) is 0 Å². The van der Waals surface area contributed by atoms with E-state index < -0.39 is 17.1 Å². The average molecular weight is 468 g/mol. The summed E-state index contributed by atoms with van der Waals surface area (Å²) in [7, 11) is 1.48. The van der Waals surface area contributed by atoms with Crippen LogP contribution in [0.15, 0.2) is 64.3 Å². The Balaban J connectivity index is 0.00000149. The van der Waals surface area contributed by atoms with Crippen LogP contribution >= 0.6 is 11.9 Å². The van der Waals surface area contributed by atoms with E-state index in [2.05, 4.69) is 9.71 Å². The Labute approximate surface area is 195 Å². The fraction of sp³-hybridized carbons (Fsp3) is 0.200. The Morgan fingerprint density at radius 2 is 1.73 bits per heavy atom. The second kappa shape index (κ2) is 10.4. The summed E-state index contributed by atoms with van der Waals surface area (Å²) in [5.74, 6) is -0.227.